The number of aldehydes is 1. The number of nitrogens with one attached hydrogen (secondary N) is 1. The number of rotatable bonds is 4. The lowest BCUT2D eigenvalue weighted by atomic mass is 9.94. The van der Waals surface area contributed by atoms with Crippen LogP contribution in [-0.4, -0.2) is 35.7 Å². The number of nitrogens with zero attached hydrogens (tertiary/aromatic N) is 1. The summed E-state index contributed by atoms with van der Waals surface area (Å²) in [5, 5.41) is 3.07. The summed E-state index contributed by atoms with van der Waals surface area (Å²) in [5.41, 5.74) is 7.84. The van der Waals surface area contributed by atoms with Crippen LogP contribution in [0.25, 0.3) is 0 Å². The van der Waals surface area contributed by atoms with Gasteiger partial charge in [-0.2, -0.15) is 0 Å². The molecule has 0 aromatic heterocycles. The second-order valence-electron chi connectivity index (χ2n) is 7.37. The zero-order chi connectivity index (χ0) is 17.0. The first-order valence-corrected chi connectivity index (χ1v) is 8.16. The first-order chi connectivity index (χ1) is 10.8. The van der Waals surface area contributed by atoms with Crippen molar-refractivity contribution in [2.24, 2.45) is 5.92 Å². The summed E-state index contributed by atoms with van der Waals surface area (Å²) in [6, 6.07) is 5.57. The molecule has 0 bridgehead atoms. The second-order valence-corrected chi connectivity index (χ2v) is 7.37. The summed E-state index contributed by atoms with van der Waals surface area (Å²) in [4.78, 5) is 25.3. The van der Waals surface area contributed by atoms with Gasteiger partial charge < -0.3 is 11.1 Å². The summed E-state index contributed by atoms with van der Waals surface area (Å²) in [6.07, 6.45) is 2.53. The smallest absolute Gasteiger partial charge is 0.223 e. The minimum atomic E-state index is -0.175. The SMILES string of the molecule is CC(C)(C)NC(=O)C1CCN(Cc2ccc(C=O)c(N)c2)CC1. The summed E-state index contributed by atoms with van der Waals surface area (Å²) in [7, 11) is 0. The van der Waals surface area contributed by atoms with Crippen molar-refractivity contribution < 1.29 is 9.59 Å². The third-order valence-electron chi connectivity index (χ3n) is 4.14. The van der Waals surface area contributed by atoms with Gasteiger partial charge in [0, 0.05) is 29.3 Å². The van der Waals surface area contributed by atoms with Gasteiger partial charge in [0.1, 0.15) is 0 Å². The maximum Gasteiger partial charge on any atom is 0.223 e. The average Bonchev–Trinajstić information content (AvgIpc) is 2.46. The Balaban J connectivity index is 1.86. The molecule has 0 aliphatic carbocycles. The standard InChI is InChI=1S/C18H27N3O2/c1-18(2,3)20-17(23)14-6-8-21(9-7-14)11-13-4-5-15(12-22)16(19)10-13/h4-5,10,12,14H,6-9,11,19H2,1-3H3,(H,20,23). The molecule has 1 aliphatic rings. The van der Waals surface area contributed by atoms with Crippen molar-refractivity contribution in [3.63, 3.8) is 0 Å². The molecule has 0 saturated carbocycles. The highest BCUT2D eigenvalue weighted by atomic mass is 16.2. The fraction of sp³-hybridized carbons (Fsp3) is 0.556. The van der Waals surface area contributed by atoms with E-state index in [1.165, 1.54) is 0 Å². The maximum absolute atomic E-state index is 12.2. The van der Waals surface area contributed by atoms with E-state index in [2.05, 4.69) is 10.2 Å². The molecule has 1 heterocycles. The molecule has 1 aliphatic heterocycles. The molecule has 1 fully saturated rings. The van der Waals surface area contributed by atoms with Crippen LogP contribution >= 0.6 is 0 Å². The zero-order valence-electron chi connectivity index (χ0n) is 14.3. The normalized spacial score (nSPS) is 17.0. The first kappa shape index (κ1) is 17.5. The highest BCUT2D eigenvalue weighted by Crippen LogP contribution is 2.21. The highest BCUT2D eigenvalue weighted by molar-refractivity contribution is 5.83. The molecule has 3 N–H and O–H groups in total. The number of hydrogen-bond donors (Lipinski definition) is 2. The van der Waals surface area contributed by atoms with Gasteiger partial charge in [-0.15, -0.1) is 0 Å². The van der Waals surface area contributed by atoms with Crippen LogP contribution in [0.4, 0.5) is 5.69 Å². The summed E-state index contributed by atoms with van der Waals surface area (Å²) < 4.78 is 0. The van der Waals surface area contributed by atoms with Gasteiger partial charge in [0.05, 0.1) is 0 Å². The predicted octanol–water partition coefficient (Wildman–Crippen LogP) is 2.21. The number of carbonyl (C=O) groups excluding carboxylic acids is 2. The number of likely N-dealkylation sites (tertiary alicyclic amines) is 1. The number of nitrogens with two attached hydrogens (primary N) is 1. The quantitative estimate of drug-likeness (QED) is 0.659. The molecular weight excluding hydrogens is 290 g/mol. The third-order valence-corrected chi connectivity index (χ3v) is 4.14. The van der Waals surface area contributed by atoms with Crippen molar-refractivity contribution in [3.05, 3.63) is 29.3 Å². The molecule has 5 nitrogen and oxygen atoms in total. The molecule has 0 atom stereocenters. The van der Waals surface area contributed by atoms with E-state index in [1.807, 2.05) is 32.9 Å². The molecule has 0 unspecified atom stereocenters. The van der Waals surface area contributed by atoms with E-state index in [9.17, 15) is 9.59 Å². The number of hydrogen-bond acceptors (Lipinski definition) is 4. The Kier molecular flexibility index (Phi) is 5.42. The van der Waals surface area contributed by atoms with Gasteiger partial charge in [-0.25, -0.2) is 0 Å². The van der Waals surface area contributed by atoms with Gasteiger partial charge in [-0.05, 0) is 64.4 Å². The van der Waals surface area contributed by atoms with Gasteiger partial charge in [-0.1, -0.05) is 6.07 Å². The van der Waals surface area contributed by atoms with Crippen molar-refractivity contribution >= 4 is 17.9 Å². The number of anilines is 1. The molecule has 5 heteroatoms. The second kappa shape index (κ2) is 7.13. The lowest BCUT2D eigenvalue weighted by Gasteiger charge is -2.33. The Bertz CT molecular complexity index is 570. The van der Waals surface area contributed by atoms with Gasteiger partial charge in [0.15, 0.2) is 6.29 Å². The Labute approximate surface area is 138 Å². The fourth-order valence-electron chi connectivity index (χ4n) is 2.91. The summed E-state index contributed by atoms with van der Waals surface area (Å²) >= 11 is 0. The number of carbonyl (C=O) groups is 2. The predicted molar refractivity (Wildman–Crippen MR) is 92.1 cm³/mol. The van der Waals surface area contributed by atoms with Crippen LogP contribution in [0.3, 0.4) is 0 Å². The van der Waals surface area contributed by atoms with Gasteiger partial charge in [0.2, 0.25) is 5.91 Å². The zero-order valence-corrected chi connectivity index (χ0v) is 14.3. The lowest BCUT2D eigenvalue weighted by Crippen LogP contribution is -2.46. The molecule has 1 saturated heterocycles. The molecule has 2 rings (SSSR count). The van der Waals surface area contributed by atoms with Gasteiger partial charge in [-0.3, -0.25) is 14.5 Å². The molecule has 23 heavy (non-hydrogen) atoms. The number of benzene rings is 1. The molecule has 126 valence electrons. The minimum Gasteiger partial charge on any atom is -0.398 e. The van der Waals surface area contributed by atoms with Crippen LogP contribution in [-0.2, 0) is 11.3 Å². The Morgan fingerprint density at radius 3 is 2.52 bits per heavy atom. The Hall–Kier alpha value is -1.88. The first-order valence-electron chi connectivity index (χ1n) is 8.16. The van der Waals surface area contributed by atoms with Crippen molar-refractivity contribution in [3.8, 4) is 0 Å². The molecule has 1 aromatic rings. The number of nitrogen functional groups attached to an aromatic ring is 1. The van der Waals surface area contributed by atoms with E-state index in [0.29, 0.717) is 11.3 Å². The maximum atomic E-state index is 12.2. The van der Waals surface area contributed by atoms with E-state index in [4.69, 9.17) is 5.73 Å². The van der Waals surface area contributed by atoms with E-state index in [0.717, 1.165) is 44.3 Å². The lowest BCUT2D eigenvalue weighted by molar-refractivity contribution is -0.127. The Morgan fingerprint density at radius 1 is 1.35 bits per heavy atom. The van der Waals surface area contributed by atoms with Crippen molar-refractivity contribution in [2.75, 3.05) is 18.8 Å². The Morgan fingerprint density at radius 2 is 2.00 bits per heavy atom. The molecule has 1 aromatic carbocycles. The number of piperidine rings is 1. The van der Waals surface area contributed by atoms with Crippen LogP contribution in [0.2, 0.25) is 0 Å². The summed E-state index contributed by atoms with van der Waals surface area (Å²) in [6.45, 7) is 8.63. The van der Waals surface area contributed by atoms with E-state index < -0.39 is 0 Å². The van der Waals surface area contributed by atoms with Crippen LogP contribution < -0.4 is 11.1 Å². The monoisotopic (exact) mass is 317 g/mol. The molecule has 0 radical (unpaired) electrons. The van der Waals surface area contributed by atoms with Crippen LogP contribution in [0.1, 0.15) is 49.5 Å². The third kappa shape index (κ3) is 5.06. The fourth-order valence-corrected chi connectivity index (χ4v) is 2.91. The summed E-state index contributed by atoms with van der Waals surface area (Å²) in [5.74, 6) is 0.268. The highest BCUT2D eigenvalue weighted by Gasteiger charge is 2.27. The van der Waals surface area contributed by atoms with E-state index >= 15 is 0 Å². The number of amides is 1. The van der Waals surface area contributed by atoms with E-state index in [-0.39, 0.29) is 17.4 Å². The van der Waals surface area contributed by atoms with Crippen molar-refractivity contribution in [1.82, 2.24) is 10.2 Å². The minimum absolute atomic E-state index is 0.105. The van der Waals surface area contributed by atoms with Crippen LogP contribution in [0.15, 0.2) is 18.2 Å². The van der Waals surface area contributed by atoms with Crippen molar-refractivity contribution in [2.45, 2.75) is 45.7 Å². The molecule has 0 spiro atoms. The van der Waals surface area contributed by atoms with Crippen LogP contribution in [0.5, 0.6) is 0 Å². The van der Waals surface area contributed by atoms with Crippen LogP contribution in [0, 0.1) is 5.92 Å². The van der Waals surface area contributed by atoms with Gasteiger partial charge >= 0.3 is 0 Å². The van der Waals surface area contributed by atoms with Crippen molar-refractivity contribution in [1.29, 1.82) is 0 Å². The largest absolute Gasteiger partial charge is 0.398 e. The van der Waals surface area contributed by atoms with E-state index in [1.54, 1.807) is 6.07 Å². The van der Waals surface area contributed by atoms with Gasteiger partial charge in [0.25, 0.3) is 0 Å². The molecule has 1 amide bonds. The molecular formula is C18H27N3O2. The topological polar surface area (TPSA) is 75.4 Å². The average molecular weight is 317 g/mol.